The fourth-order valence-electron chi connectivity index (χ4n) is 3.12. The number of carbonyl (C=O) groups is 1. The average Bonchev–Trinajstić information content (AvgIpc) is 3.39. The number of likely N-dealkylation sites (tertiary alicyclic amines) is 1. The number of pyridine rings is 1. The van der Waals surface area contributed by atoms with Gasteiger partial charge in [0.1, 0.15) is 6.26 Å². The van der Waals surface area contributed by atoms with Gasteiger partial charge in [0.15, 0.2) is 5.69 Å². The summed E-state index contributed by atoms with van der Waals surface area (Å²) in [5, 5.41) is 7.01. The molecule has 1 aliphatic rings. The Morgan fingerprint density at radius 1 is 1.21 bits per heavy atom. The Morgan fingerprint density at radius 3 is 2.71 bits per heavy atom. The summed E-state index contributed by atoms with van der Waals surface area (Å²) in [5.41, 5.74) is 1.30. The van der Waals surface area contributed by atoms with Crippen LogP contribution in [0, 0.1) is 0 Å². The SMILES string of the molecule is O=C(c1ccon1)N1CCC[C@H](c2ccc(-c3noc(C(F)(F)F)n3)cn2)C1. The fraction of sp³-hybridized carbons (Fsp3) is 0.353. The van der Waals surface area contributed by atoms with E-state index in [4.69, 9.17) is 4.52 Å². The highest BCUT2D eigenvalue weighted by atomic mass is 19.4. The van der Waals surface area contributed by atoms with Gasteiger partial charge in [0.2, 0.25) is 5.82 Å². The van der Waals surface area contributed by atoms with E-state index in [9.17, 15) is 18.0 Å². The van der Waals surface area contributed by atoms with Gasteiger partial charge in [-0.2, -0.15) is 18.2 Å². The highest BCUT2D eigenvalue weighted by Gasteiger charge is 2.38. The maximum Gasteiger partial charge on any atom is 0.471 e. The zero-order valence-electron chi connectivity index (χ0n) is 14.4. The van der Waals surface area contributed by atoms with Gasteiger partial charge in [-0.3, -0.25) is 9.78 Å². The number of rotatable bonds is 3. The molecule has 4 heterocycles. The molecule has 1 amide bonds. The van der Waals surface area contributed by atoms with Crippen molar-refractivity contribution in [2.24, 2.45) is 0 Å². The zero-order valence-corrected chi connectivity index (χ0v) is 14.4. The van der Waals surface area contributed by atoms with Crippen LogP contribution in [0.25, 0.3) is 11.4 Å². The summed E-state index contributed by atoms with van der Waals surface area (Å²) < 4.78 is 46.7. The Morgan fingerprint density at radius 2 is 2.07 bits per heavy atom. The summed E-state index contributed by atoms with van der Waals surface area (Å²) >= 11 is 0. The number of hydrogen-bond acceptors (Lipinski definition) is 7. The van der Waals surface area contributed by atoms with Crippen molar-refractivity contribution in [3.63, 3.8) is 0 Å². The first-order chi connectivity index (χ1) is 13.4. The van der Waals surface area contributed by atoms with Gasteiger partial charge in [0.25, 0.3) is 5.91 Å². The van der Waals surface area contributed by atoms with Crippen LogP contribution in [-0.2, 0) is 6.18 Å². The van der Waals surface area contributed by atoms with Crippen LogP contribution in [0.5, 0.6) is 0 Å². The normalized spacial score (nSPS) is 17.7. The Bertz CT molecular complexity index is 953. The minimum atomic E-state index is -4.69. The smallest absolute Gasteiger partial charge is 0.364 e. The number of piperidine rings is 1. The van der Waals surface area contributed by atoms with Gasteiger partial charge >= 0.3 is 12.1 Å². The molecule has 0 spiro atoms. The van der Waals surface area contributed by atoms with Gasteiger partial charge in [-0.25, -0.2) is 0 Å². The largest absolute Gasteiger partial charge is 0.471 e. The van der Waals surface area contributed by atoms with Crippen molar-refractivity contribution in [3.05, 3.63) is 47.9 Å². The molecule has 0 aliphatic carbocycles. The second-order valence-electron chi connectivity index (χ2n) is 6.37. The number of hydrogen-bond donors (Lipinski definition) is 0. The van der Waals surface area contributed by atoms with Gasteiger partial charge in [-0.05, 0) is 25.0 Å². The third kappa shape index (κ3) is 3.59. The number of nitrogens with zero attached hydrogens (tertiary/aromatic N) is 5. The summed E-state index contributed by atoms with van der Waals surface area (Å²) in [6, 6.07) is 4.80. The molecule has 1 atom stereocenters. The molecule has 0 unspecified atom stereocenters. The van der Waals surface area contributed by atoms with E-state index in [1.165, 1.54) is 18.5 Å². The van der Waals surface area contributed by atoms with Crippen LogP contribution < -0.4 is 0 Å². The Balaban J connectivity index is 1.47. The zero-order chi connectivity index (χ0) is 19.7. The number of carbonyl (C=O) groups excluding carboxylic acids is 1. The molecule has 0 saturated carbocycles. The minimum Gasteiger partial charge on any atom is -0.364 e. The average molecular weight is 393 g/mol. The first-order valence-corrected chi connectivity index (χ1v) is 8.48. The summed E-state index contributed by atoms with van der Waals surface area (Å²) in [4.78, 5) is 21.8. The molecule has 1 aliphatic heterocycles. The molecule has 4 rings (SSSR count). The van der Waals surface area contributed by atoms with Gasteiger partial charge in [0.05, 0.1) is 0 Å². The Kier molecular flexibility index (Phi) is 4.57. The molecular formula is C17H14F3N5O3. The molecule has 146 valence electrons. The van der Waals surface area contributed by atoms with Gasteiger partial charge < -0.3 is 13.9 Å². The maximum atomic E-state index is 12.6. The van der Waals surface area contributed by atoms with Crippen LogP contribution in [0.3, 0.4) is 0 Å². The molecule has 0 bridgehead atoms. The fourth-order valence-corrected chi connectivity index (χ4v) is 3.12. The Hall–Kier alpha value is -3.24. The first kappa shape index (κ1) is 18.1. The van der Waals surface area contributed by atoms with Crippen molar-refractivity contribution in [1.82, 2.24) is 25.2 Å². The van der Waals surface area contributed by atoms with Crippen molar-refractivity contribution in [3.8, 4) is 11.4 Å². The summed E-state index contributed by atoms with van der Waals surface area (Å²) in [7, 11) is 0. The number of halogens is 3. The van der Waals surface area contributed by atoms with Crippen LogP contribution in [0.4, 0.5) is 13.2 Å². The lowest BCUT2D eigenvalue weighted by atomic mass is 9.94. The van der Waals surface area contributed by atoms with Crippen molar-refractivity contribution in [2.45, 2.75) is 24.9 Å². The molecule has 1 saturated heterocycles. The molecule has 1 fully saturated rings. The van der Waals surface area contributed by atoms with Gasteiger partial charge in [-0.1, -0.05) is 10.3 Å². The molecule has 8 nitrogen and oxygen atoms in total. The van der Waals surface area contributed by atoms with E-state index in [0.717, 1.165) is 18.5 Å². The lowest BCUT2D eigenvalue weighted by molar-refractivity contribution is -0.159. The van der Waals surface area contributed by atoms with E-state index >= 15 is 0 Å². The second kappa shape index (κ2) is 7.06. The van der Waals surface area contributed by atoms with Crippen LogP contribution in [-0.4, -0.2) is 44.2 Å². The molecule has 11 heteroatoms. The van der Waals surface area contributed by atoms with E-state index in [0.29, 0.717) is 18.7 Å². The quantitative estimate of drug-likeness (QED) is 0.674. The number of amides is 1. The molecule has 3 aromatic heterocycles. The van der Waals surface area contributed by atoms with Crippen molar-refractivity contribution in [1.29, 1.82) is 0 Å². The maximum absolute atomic E-state index is 12.6. The van der Waals surface area contributed by atoms with Crippen LogP contribution in [0.2, 0.25) is 0 Å². The predicted molar refractivity (Wildman–Crippen MR) is 86.9 cm³/mol. The molecule has 0 aromatic carbocycles. The molecule has 0 N–H and O–H groups in total. The minimum absolute atomic E-state index is 0.00894. The highest BCUT2D eigenvalue weighted by molar-refractivity contribution is 5.92. The van der Waals surface area contributed by atoms with E-state index in [-0.39, 0.29) is 23.3 Å². The summed E-state index contributed by atoms with van der Waals surface area (Å²) in [6.45, 7) is 1.09. The first-order valence-electron chi connectivity index (χ1n) is 8.48. The predicted octanol–water partition coefficient (Wildman–Crippen LogP) is 3.16. The third-order valence-electron chi connectivity index (χ3n) is 4.50. The standard InChI is InChI=1S/C17H14F3N5O3/c18-17(19,20)16-22-14(24-28-16)10-3-4-12(21-8-10)11-2-1-6-25(9-11)15(26)13-5-7-27-23-13/h3-5,7-8,11H,1-2,6,9H2/t11-/m0/s1. The monoisotopic (exact) mass is 393 g/mol. The topological polar surface area (TPSA) is 98.2 Å². The summed E-state index contributed by atoms with van der Waals surface area (Å²) in [5.74, 6) is -1.78. The van der Waals surface area contributed by atoms with Crippen LogP contribution in [0.1, 0.15) is 40.8 Å². The molecule has 0 radical (unpaired) electrons. The van der Waals surface area contributed by atoms with Crippen molar-refractivity contribution < 1.29 is 27.0 Å². The van der Waals surface area contributed by atoms with Gasteiger partial charge in [-0.15, -0.1) is 0 Å². The number of aromatic nitrogens is 4. The highest BCUT2D eigenvalue weighted by Crippen LogP contribution is 2.30. The lowest BCUT2D eigenvalue weighted by Crippen LogP contribution is -2.39. The Labute approximate surface area is 156 Å². The van der Waals surface area contributed by atoms with Crippen molar-refractivity contribution >= 4 is 5.91 Å². The van der Waals surface area contributed by atoms with Crippen LogP contribution in [0.15, 0.2) is 39.7 Å². The van der Waals surface area contributed by atoms with E-state index in [1.807, 2.05) is 0 Å². The van der Waals surface area contributed by atoms with Crippen LogP contribution >= 0.6 is 0 Å². The molecular weight excluding hydrogens is 379 g/mol. The van der Waals surface area contributed by atoms with Crippen molar-refractivity contribution in [2.75, 3.05) is 13.1 Å². The summed E-state index contributed by atoms with van der Waals surface area (Å²) in [6.07, 6.45) is -0.302. The number of alkyl halides is 3. The third-order valence-corrected chi connectivity index (χ3v) is 4.50. The van der Waals surface area contributed by atoms with E-state index in [2.05, 4.69) is 24.8 Å². The molecule has 28 heavy (non-hydrogen) atoms. The molecule has 3 aromatic rings. The van der Waals surface area contributed by atoms with Gasteiger partial charge in [0, 0.05) is 42.5 Å². The van der Waals surface area contributed by atoms with E-state index in [1.54, 1.807) is 17.0 Å². The second-order valence-corrected chi connectivity index (χ2v) is 6.37. The van der Waals surface area contributed by atoms with E-state index < -0.39 is 12.1 Å². The lowest BCUT2D eigenvalue weighted by Gasteiger charge is -2.32.